The Bertz CT molecular complexity index is 1360. The van der Waals surface area contributed by atoms with Crippen LogP contribution in [-0.4, -0.2) is 16.1 Å². The highest BCUT2D eigenvalue weighted by atomic mass is 19.2. The summed E-state index contributed by atoms with van der Waals surface area (Å²) in [4.78, 5) is 15.9. The number of aromatic carboxylic acids is 1. The van der Waals surface area contributed by atoms with Gasteiger partial charge in [-0.2, -0.15) is 0 Å². The van der Waals surface area contributed by atoms with E-state index in [0.29, 0.717) is 18.4 Å². The number of carboxylic acid groups (broad SMARTS) is 1. The van der Waals surface area contributed by atoms with E-state index in [-0.39, 0.29) is 17.1 Å². The standard InChI is InChI=1S/C26H20F2N2O3/c1-15-8-18(17-5-2-4-16(10-17)14-29)11-19(9-15)33-25-7-3-6-24(30-25)20-12-22(27)23(28)13-21(20)26(31)32/h2-13H,14,29H2,1H3,(H,31,32). The van der Waals surface area contributed by atoms with Crippen molar-refractivity contribution < 1.29 is 23.4 Å². The monoisotopic (exact) mass is 446 g/mol. The van der Waals surface area contributed by atoms with Gasteiger partial charge in [-0.05, 0) is 65.6 Å². The van der Waals surface area contributed by atoms with Gasteiger partial charge in [0.15, 0.2) is 11.6 Å². The number of nitrogens with two attached hydrogens (primary N) is 1. The number of pyridine rings is 1. The molecule has 0 aliphatic heterocycles. The summed E-state index contributed by atoms with van der Waals surface area (Å²) in [6.07, 6.45) is 0. The van der Waals surface area contributed by atoms with Crippen LogP contribution in [0.1, 0.15) is 21.5 Å². The quantitative estimate of drug-likeness (QED) is 0.382. The van der Waals surface area contributed by atoms with E-state index < -0.39 is 23.2 Å². The fourth-order valence-corrected chi connectivity index (χ4v) is 3.53. The number of hydrogen-bond donors (Lipinski definition) is 2. The molecule has 0 amide bonds. The Balaban J connectivity index is 1.70. The van der Waals surface area contributed by atoms with Gasteiger partial charge in [-0.25, -0.2) is 18.6 Å². The zero-order valence-electron chi connectivity index (χ0n) is 17.7. The zero-order chi connectivity index (χ0) is 23.5. The van der Waals surface area contributed by atoms with E-state index in [4.69, 9.17) is 10.5 Å². The third-order valence-electron chi connectivity index (χ3n) is 5.06. The van der Waals surface area contributed by atoms with Gasteiger partial charge in [0.05, 0.1) is 11.3 Å². The summed E-state index contributed by atoms with van der Waals surface area (Å²) in [6.45, 7) is 2.37. The Labute approximate surface area is 189 Å². The molecule has 0 fully saturated rings. The normalized spacial score (nSPS) is 10.8. The van der Waals surface area contributed by atoms with Crippen molar-refractivity contribution in [1.82, 2.24) is 4.98 Å². The van der Waals surface area contributed by atoms with Crippen LogP contribution in [0.3, 0.4) is 0 Å². The van der Waals surface area contributed by atoms with Crippen molar-refractivity contribution in [1.29, 1.82) is 0 Å². The maximum absolute atomic E-state index is 13.8. The summed E-state index contributed by atoms with van der Waals surface area (Å²) in [7, 11) is 0. The second kappa shape index (κ2) is 9.18. The summed E-state index contributed by atoms with van der Waals surface area (Å²) in [5.41, 5.74) is 9.35. The highest BCUT2D eigenvalue weighted by Crippen LogP contribution is 2.31. The minimum atomic E-state index is -1.39. The van der Waals surface area contributed by atoms with Crippen LogP contribution >= 0.6 is 0 Å². The molecule has 166 valence electrons. The first-order chi connectivity index (χ1) is 15.8. The smallest absolute Gasteiger partial charge is 0.336 e. The van der Waals surface area contributed by atoms with E-state index >= 15 is 0 Å². The predicted octanol–water partition coefficient (Wildman–Crippen LogP) is 5.95. The summed E-state index contributed by atoms with van der Waals surface area (Å²) >= 11 is 0. The zero-order valence-corrected chi connectivity index (χ0v) is 17.7. The molecule has 5 nitrogen and oxygen atoms in total. The number of carboxylic acids is 1. The van der Waals surface area contributed by atoms with Crippen LogP contribution in [-0.2, 0) is 6.54 Å². The first-order valence-electron chi connectivity index (χ1n) is 10.1. The number of benzene rings is 3. The third-order valence-corrected chi connectivity index (χ3v) is 5.06. The molecule has 1 heterocycles. The molecule has 0 spiro atoms. The van der Waals surface area contributed by atoms with E-state index in [9.17, 15) is 18.7 Å². The first kappa shape index (κ1) is 22.1. The fourth-order valence-electron chi connectivity index (χ4n) is 3.53. The second-order valence-electron chi connectivity index (χ2n) is 7.52. The van der Waals surface area contributed by atoms with Gasteiger partial charge < -0.3 is 15.6 Å². The van der Waals surface area contributed by atoms with Crippen LogP contribution in [0.25, 0.3) is 22.4 Å². The van der Waals surface area contributed by atoms with Crippen molar-refractivity contribution in [2.24, 2.45) is 5.73 Å². The second-order valence-corrected chi connectivity index (χ2v) is 7.52. The van der Waals surface area contributed by atoms with Crippen molar-refractivity contribution in [3.05, 3.63) is 101 Å². The Morgan fingerprint density at radius 2 is 1.73 bits per heavy atom. The number of aromatic nitrogens is 1. The molecule has 33 heavy (non-hydrogen) atoms. The lowest BCUT2D eigenvalue weighted by Crippen LogP contribution is -2.03. The molecule has 3 N–H and O–H groups in total. The van der Waals surface area contributed by atoms with Crippen molar-refractivity contribution >= 4 is 5.97 Å². The molecule has 0 radical (unpaired) electrons. The number of hydrogen-bond acceptors (Lipinski definition) is 4. The minimum absolute atomic E-state index is 0.0459. The van der Waals surface area contributed by atoms with Crippen LogP contribution in [0.2, 0.25) is 0 Å². The highest BCUT2D eigenvalue weighted by molar-refractivity contribution is 5.95. The summed E-state index contributed by atoms with van der Waals surface area (Å²) in [6, 6.07) is 19.8. The van der Waals surface area contributed by atoms with Gasteiger partial charge in [0.25, 0.3) is 0 Å². The molecule has 0 aliphatic rings. The summed E-state index contributed by atoms with van der Waals surface area (Å²) < 4.78 is 33.3. The molecule has 0 atom stereocenters. The molecule has 1 aromatic heterocycles. The minimum Gasteiger partial charge on any atom is -0.478 e. The van der Waals surface area contributed by atoms with E-state index in [2.05, 4.69) is 4.98 Å². The number of carbonyl (C=O) groups is 1. The Kier molecular flexibility index (Phi) is 6.15. The molecule has 7 heteroatoms. The predicted molar refractivity (Wildman–Crippen MR) is 121 cm³/mol. The average molecular weight is 446 g/mol. The SMILES string of the molecule is Cc1cc(Oc2cccc(-c3cc(F)c(F)cc3C(=O)O)n2)cc(-c2cccc(CN)c2)c1. The van der Waals surface area contributed by atoms with E-state index in [0.717, 1.165) is 28.3 Å². The van der Waals surface area contributed by atoms with E-state index in [1.165, 1.54) is 6.07 Å². The molecule has 3 aromatic carbocycles. The lowest BCUT2D eigenvalue weighted by atomic mass is 10.0. The van der Waals surface area contributed by atoms with Gasteiger partial charge >= 0.3 is 5.97 Å². The molecule has 4 aromatic rings. The lowest BCUT2D eigenvalue weighted by molar-refractivity contribution is 0.0697. The van der Waals surface area contributed by atoms with Crippen molar-refractivity contribution in [3.63, 3.8) is 0 Å². The van der Waals surface area contributed by atoms with Crippen molar-refractivity contribution in [2.45, 2.75) is 13.5 Å². The van der Waals surface area contributed by atoms with Gasteiger partial charge in [-0.1, -0.05) is 30.3 Å². The molecule has 0 saturated carbocycles. The summed E-state index contributed by atoms with van der Waals surface area (Å²) in [5, 5.41) is 9.40. The lowest BCUT2D eigenvalue weighted by Gasteiger charge is -2.12. The van der Waals surface area contributed by atoms with Crippen LogP contribution in [0.5, 0.6) is 11.6 Å². The van der Waals surface area contributed by atoms with Crippen molar-refractivity contribution in [3.8, 4) is 34.0 Å². The summed E-state index contributed by atoms with van der Waals surface area (Å²) in [5.74, 6) is -3.09. The third kappa shape index (κ3) is 4.88. The van der Waals surface area contributed by atoms with Crippen LogP contribution < -0.4 is 10.5 Å². The van der Waals surface area contributed by atoms with Crippen molar-refractivity contribution in [2.75, 3.05) is 0 Å². The maximum atomic E-state index is 13.8. The van der Waals surface area contributed by atoms with Gasteiger partial charge in [0, 0.05) is 18.2 Å². The molecule has 4 rings (SSSR count). The highest BCUT2D eigenvalue weighted by Gasteiger charge is 2.18. The van der Waals surface area contributed by atoms with E-state index in [1.807, 2.05) is 49.4 Å². The number of rotatable bonds is 6. The topological polar surface area (TPSA) is 85.4 Å². The van der Waals surface area contributed by atoms with E-state index in [1.54, 1.807) is 12.1 Å². The fraction of sp³-hybridized carbons (Fsp3) is 0.0769. The average Bonchev–Trinajstić information content (AvgIpc) is 2.80. The molecule has 0 unspecified atom stereocenters. The van der Waals surface area contributed by atoms with Crippen LogP contribution in [0, 0.1) is 18.6 Å². The molecular weight excluding hydrogens is 426 g/mol. The maximum Gasteiger partial charge on any atom is 0.336 e. The number of halogens is 2. The van der Waals surface area contributed by atoms with Gasteiger partial charge in [0.2, 0.25) is 5.88 Å². The Morgan fingerprint density at radius 1 is 0.970 bits per heavy atom. The first-order valence-corrected chi connectivity index (χ1v) is 10.1. The largest absolute Gasteiger partial charge is 0.478 e. The Hall–Kier alpha value is -4.10. The van der Waals surface area contributed by atoms with Gasteiger partial charge in [0.1, 0.15) is 5.75 Å². The molecule has 0 bridgehead atoms. The van der Waals surface area contributed by atoms with Gasteiger partial charge in [-0.3, -0.25) is 0 Å². The number of ether oxygens (including phenoxy) is 1. The molecular formula is C26H20F2N2O3. The number of nitrogens with zero attached hydrogens (tertiary/aromatic N) is 1. The van der Waals surface area contributed by atoms with Gasteiger partial charge in [-0.15, -0.1) is 0 Å². The Morgan fingerprint density at radius 3 is 2.48 bits per heavy atom. The number of aryl methyl sites for hydroxylation is 1. The van der Waals surface area contributed by atoms with Crippen LogP contribution in [0.4, 0.5) is 8.78 Å². The van der Waals surface area contributed by atoms with Crippen LogP contribution in [0.15, 0.2) is 72.8 Å². The molecule has 0 saturated heterocycles. The molecule has 0 aliphatic carbocycles.